The zero-order valence-electron chi connectivity index (χ0n) is 14.8. The topological polar surface area (TPSA) is 38.8 Å². The first kappa shape index (κ1) is 19.2. The van der Waals surface area contributed by atoms with Gasteiger partial charge in [-0.1, -0.05) is 30.0 Å². The highest BCUT2D eigenvalue weighted by Gasteiger charge is 2.20. The van der Waals surface area contributed by atoms with Crippen molar-refractivity contribution in [3.8, 4) is 11.8 Å². The van der Waals surface area contributed by atoms with E-state index in [0.717, 1.165) is 5.56 Å². The number of rotatable bonds is 6. The average Bonchev–Trinajstić information content (AvgIpc) is 2.51. The summed E-state index contributed by atoms with van der Waals surface area (Å²) in [5.41, 5.74) is 0.428. The molecule has 0 aliphatic carbocycles. The second-order valence-electron chi connectivity index (χ2n) is 6.19. The van der Waals surface area contributed by atoms with E-state index >= 15 is 0 Å². The van der Waals surface area contributed by atoms with Gasteiger partial charge in [-0.2, -0.15) is 0 Å². The van der Waals surface area contributed by atoms with Gasteiger partial charge in [0.25, 0.3) is 0 Å². The lowest BCUT2D eigenvalue weighted by molar-refractivity contribution is -0.362. The minimum Gasteiger partial charge on any atom is -0.343 e. The second kappa shape index (κ2) is 9.34. The van der Waals surface area contributed by atoms with Gasteiger partial charge in [-0.3, -0.25) is 4.79 Å². The highest BCUT2D eigenvalue weighted by molar-refractivity contribution is 5.77. The monoisotopic (exact) mass is 317 g/mol. The maximum absolute atomic E-state index is 12.3. The van der Waals surface area contributed by atoms with Crippen LogP contribution in [0.5, 0.6) is 0 Å². The largest absolute Gasteiger partial charge is 0.343 e. The SMILES string of the molecule is CCN(CC)C(=O)CC(C#Cc1ccccc1)OOC(C)(C)C. The molecule has 1 unspecified atom stereocenters. The Labute approximate surface area is 139 Å². The third-order valence-electron chi connectivity index (χ3n) is 3.04. The fourth-order valence-corrected chi connectivity index (χ4v) is 1.86. The Kier molecular flexibility index (Phi) is 7.80. The molecule has 0 spiro atoms. The zero-order valence-corrected chi connectivity index (χ0v) is 14.8. The third-order valence-corrected chi connectivity index (χ3v) is 3.04. The number of nitrogens with zero attached hydrogens (tertiary/aromatic N) is 1. The van der Waals surface area contributed by atoms with Crippen molar-refractivity contribution in [1.82, 2.24) is 4.90 Å². The summed E-state index contributed by atoms with van der Waals surface area (Å²) in [6.45, 7) is 10.9. The highest BCUT2D eigenvalue weighted by atomic mass is 17.2. The van der Waals surface area contributed by atoms with Gasteiger partial charge in [-0.15, -0.1) is 0 Å². The van der Waals surface area contributed by atoms with Crippen LogP contribution < -0.4 is 0 Å². The summed E-state index contributed by atoms with van der Waals surface area (Å²) in [6, 6.07) is 9.62. The van der Waals surface area contributed by atoms with Crippen LogP contribution in [0.2, 0.25) is 0 Å². The Bertz CT molecular complexity index is 533. The summed E-state index contributed by atoms with van der Waals surface area (Å²) in [6.07, 6.45) is -0.417. The molecule has 1 rings (SSSR count). The van der Waals surface area contributed by atoms with Gasteiger partial charge in [0.05, 0.1) is 12.0 Å². The van der Waals surface area contributed by atoms with Crippen molar-refractivity contribution >= 4 is 5.91 Å². The summed E-state index contributed by atoms with van der Waals surface area (Å²) in [7, 11) is 0. The molecule has 0 aliphatic rings. The number of hydrogen-bond acceptors (Lipinski definition) is 3. The predicted octanol–water partition coefficient (Wildman–Crippen LogP) is 3.41. The van der Waals surface area contributed by atoms with Crippen molar-refractivity contribution in [3.05, 3.63) is 35.9 Å². The van der Waals surface area contributed by atoms with Gasteiger partial charge in [-0.25, -0.2) is 9.78 Å². The van der Waals surface area contributed by atoms with Crippen LogP contribution in [-0.4, -0.2) is 35.6 Å². The minimum atomic E-state index is -0.595. The van der Waals surface area contributed by atoms with E-state index in [1.807, 2.05) is 65.0 Å². The van der Waals surface area contributed by atoms with E-state index < -0.39 is 11.7 Å². The summed E-state index contributed by atoms with van der Waals surface area (Å²) >= 11 is 0. The van der Waals surface area contributed by atoms with Crippen LogP contribution in [0.15, 0.2) is 30.3 Å². The molecule has 4 heteroatoms. The van der Waals surface area contributed by atoms with E-state index in [-0.39, 0.29) is 12.3 Å². The van der Waals surface area contributed by atoms with Gasteiger partial charge >= 0.3 is 0 Å². The molecule has 0 heterocycles. The van der Waals surface area contributed by atoms with Crippen molar-refractivity contribution in [1.29, 1.82) is 0 Å². The number of carbonyl (C=O) groups excluding carboxylic acids is 1. The lowest BCUT2D eigenvalue weighted by Crippen LogP contribution is -2.34. The molecule has 23 heavy (non-hydrogen) atoms. The van der Waals surface area contributed by atoms with E-state index in [0.29, 0.717) is 13.1 Å². The molecule has 0 fully saturated rings. The van der Waals surface area contributed by atoms with E-state index in [1.54, 1.807) is 4.90 Å². The molecular weight excluding hydrogens is 290 g/mol. The van der Waals surface area contributed by atoms with Crippen LogP contribution in [0.3, 0.4) is 0 Å². The van der Waals surface area contributed by atoms with Crippen molar-refractivity contribution in [2.45, 2.75) is 52.7 Å². The van der Waals surface area contributed by atoms with Crippen molar-refractivity contribution in [2.24, 2.45) is 0 Å². The molecule has 126 valence electrons. The van der Waals surface area contributed by atoms with Gasteiger partial charge in [0.1, 0.15) is 0 Å². The zero-order chi connectivity index (χ0) is 17.3. The Morgan fingerprint density at radius 3 is 2.30 bits per heavy atom. The van der Waals surface area contributed by atoms with Crippen molar-refractivity contribution in [2.75, 3.05) is 13.1 Å². The molecule has 0 saturated heterocycles. The molecule has 0 radical (unpaired) electrons. The van der Waals surface area contributed by atoms with Gasteiger partial charge < -0.3 is 4.90 Å². The van der Waals surface area contributed by atoms with E-state index in [2.05, 4.69) is 11.8 Å². The normalized spacial score (nSPS) is 12.2. The molecule has 4 nitrogen and oxygen atoms in total. The van der Waals surface area contributed by atoms with E-state index in [1.165, 1.54) is 0 Å². The van der Waals surface area contributed by atoms with Crippen LogP contribution >= 0.6 is 0 Å². The molecule has 0 aliphatic heterocycles. The maximum atomic E-state index is 12.3. The number of hydrogen-bond donors (Lipinski definition) is 0. The maximum Gasteiger partial charge on any atom is 0.226 e. The molecule has 1 atom stereocenters. The minimum absolute atomic E-state index is 0.0138. The Hall–Kier alpha value is -1.83. The summed E-state index contributed by atoms with van der Waals surface area (Å²) in [5, 5.41) is 0. The smallest absolute Gasteiger partial charge is 0.226 e. The van der Waals surface area contributed by atoms with Gasteiger partial charge in [0, 0.05) is 18.7 Å². The molecular formula is C19H27NO3. The Morgan fingerprint density at radius 1 is 1.17 bits per heavy atom. The quantitative estimate of drug-likeness (QED) is 0.458. The summed E-state index contributed by atoms with van der Waals surface area (Å²) in [4.78, 5) is 24.8. The molecule has 1 aromatic rings. The molecule has 0 aromatic heterocycles. The molecule has 1 aromatic carbocycles. The van der Waals surface area contributed by atoms with Crippen LogP contribution in [0.1, 0.15) is 46.6 Å². The highest BCUT2D eigenvalue weighted by Crippen LogP contribution is 2.12. The number of carbonyl (C=O) groups is 1. The summed E-state index contributed by atoms with van der Waals surface area (Å²) < 4.78 is 0. The Morgan fingerprint density at radius 2 is 1.78 bits per heavy atom. The van der Waals surface area contributed by atoms with Crippen molar-refractivity contribution < 1.29 is 14.6 Å². The fourth-order valence-electron chi connectivity index (χ4n) is 1.86. The first-order valence-electron chi connectivity index (χ1n) is 8.04. The fraction of sp³-hybridized carbons (Fsp3) is 0.526. The van der Waals surface area contributed by atoms with Crippen LogP contribution in [0.4, 0.5) is 0 Å². The van der Waals surface area contributed by atoms with E-state index in [9.17, 15) is 4.79 Å². The van der Waals surface area contributed by atoms with E-state index in [4.69, 9.17) is 9.78 Å². The third kappa shape index (κ3) is 7.83. The predicted molar refractivity (Wildman–Crippen MR) is 91.6 cm³/mol. The first-order valence-corrected chi connectivity index (χ1v) is 8.04. The number of amides is 1. The lowest BCUT2D eigenvalue weighted by atomic mass is 10.2. The lowest BCUT2D eigenvalue weighted by Gasteiger charge is -2.23. The van der Waals surface area contributed by atoms with Crippen LogP contribution in [-0.2, 0) is 14.6 Å². The molecule has 0 N–H and O–H groups in total. The molecule has 1 amide bonds. The van der Waals surface area contributed by atoms with Gasteiger partial charge in [0.15, 0.2) is 6.10 Å². The summed E-state index contributed by atoms with van der Waals surface area (Å²) in [5.74, 6) is 6.05. The standard InChI is InChI=1S/C19H27NO3/c1-6-20(7-2)18(21)15-17(22-23-19(3,4)5)14-13-16-11-9-8-10-12-16/h8-12,17H,6-7,15H2,1-5H3. The first-order chi connectivity index (χ1) is 10.9. The van der Waals surface area contributed by atoms with Gasteiger partial charge in [-0.05, 0) is 46.8 Å². The Balaban J connectivity index is 2.81. The van der Waals surface area contributed by atoms with Gasteiger partial charge in [0.2, 0.25) is 5.91 Å². The average molecular weight is 317 g/mol. The second-order valence-corrected chi connectivity index (χ2v) is 6.19. The van der Waals surface area contributed by atoms with Crippen LogP contribution in [0.25, 0.3) is 0 Å². The molecule has 0 saturated carbocycles. The van der Waals surface area contributed by atoms with Crippen LogP contribution in [0, 0.1) is 11.8 Å². The van der Waals surface area contributed by atoms with Crippen molar-refractivity contribution in [3.63, 3.8) is 0 Å². The number of benzene rings is 1. The molecule has 0 bridgehead atoms.